The van der Waals surface area contributed by atoms with Crippen LogP contribution < -0.4 is 0 Å². The lowest BCUT2D eigenvalue weighted by molar-refractivity contribution is 0.174. The van der Waals surface area contributed by atoms with Crippen LogP contribution in [0.15, 0.2) is 0 Å². The lowest BCUT2D eigenvalue weighted by Crippen LogP contribution is -2.28. The van der Waals surface area contributed by atoms with Crippen LogP contribution in [0, 0.1) is 0 Å². The SMILES string of the molecule is CCCN(CCCl)CCCOC. The van der Waals surface area contributed by atoms with E-state index in [4.69, 9.17) is 16.3 Å². The van der Waals surface area contributed by atoms with Crippen LogP contribution in [0.1, 0.15) is 19.8 Å². The second-order valence-corrected chi connectivity index (χ2v) is 3.25. The maximum atomic E-state index is 5.67. The molecule has 0 aliphatic heterocycles. The smallest absolute Gasteiger partial charge is 0.0474 e. The fourth-order valence-electron chi connectivity index (χ4n) is 1.20. The maximum Gasteiger partial charge on any atom is 0.0474 e. The summed E-state index contributed by atoms with van der Waals surface area (Å²) in [6.45, 7) is 6.30. The number of halogens is 1. The highest BCUT2D eigenvalue weighted by molar-refractivity contribution is 6.18. The third-order valence-corrected chi connectivity index (χ3v) is 1.93. The Hall–Kier alpha value is 0.210. The highest BCUT2D eigenvalue weighted by Crippen LogP contribution is 1.95. The van der Waals surface area contributed by atoms with Crippen molar-refractivity contribution in [3.63, 3.8) is 0 Å². The summed E-state index contributed by atoms with van der Waals surface area (Å²) in [4.78, 5) is 2.38. The highest BCUT2D eigenvalue weighted by atomic mass is 35.5. The van der Waals surface area contributed by atoms with E-state index in [1.165, 1.54) is 6.42 Å². The van der Waals surface area contributed by atoms with Gasteiger partial charge >= 0.3 is 0 Å². The Bertz CT molecular complexity index is 84.6. The van der Waals surface area contributed by atoms with Crippen molar-refractivity contribution in [2.75, 3.05) is 39.2 Å². The molecule has 0 fully saturated rings. The number of nitrogens with zero attached hydrogens (tertiary/aromatic N) is 1. The Morgan fingerprint density at radius 1 is 1.25 bits per heavy atom. The molecule has 0 amide bonds. The minimum absolute atomic E-state index is 0.729. The van der Waals surface area contributed by atoms with Crippen LogP contribution in [0.25, 0.3) is 0 Å². The molecule has 0 radical (unpaired) electrons. The maximum absolute atomic E-state index is 5.67. The number of alkyl halides is 1. The first-order valence-electron chi connectivity index (χ1n) is 4.62. The number of ether oxygens (including phenoxy) is 1. The monoisotopic (exact) mass is 193 g/mol. The van der Waals surface area contributed by atoms with Crippen LogP contribution in [0.4, 0.5) is 0 Å². The van der Waals surface area contributed by atoms with Gasteiger partial charge in [-0.3, -0.25) is 0 Å². The zero-order valence-electron chi connectivity index (χ0n) is 8.18. The van der Waals surface area contributed by atoms with Gasteiger partial charge in [-0.2, -0.15) is 0 Å². The zero-order valence-corrected chi connectivity index (χ0v) is 8.94. The Morgan fingerprint density at radius 2 is 2.00 bits per heavy atom. The van der Waals surface area contributed by atoms with E-state index >= 15 is 0 Å². The number of hydrogen-bond acceptors (Lipinski definition) is 2. The van der Waals surface area contributed by atoms with Gasteiger partial charge in [-0.25, -0.2) is 0 Å². The van der Waals surface area contributed by atoms with E-state index in [1.807, 2.05) is 0 Å². The molecule has 0 atom stereocenters. The van der Waals surface area contributed by atoms with Crippen molar-refractivity contribution in [3.8, 4) is 0 Å². The van der Waals surface area contributed by atoms with E-state index in [0.717, 1.165) is 38.5 Å². The molecular formula is C9H20ClNO. The zero-order chi connectivity index (χ0) is 9.23. The first kappa shape index (κ1) is 12.2. The Kier molecular flexibility index (Phi) is 9.46. The van der Waals surface area contributed by atoms with E-state index in [9.17, 15) is 0 Å². The molecule has 74 valence electrons. The van der Waals surface area contributed by atoms with Crippen LogP contribution in [-0.4, -0.2) is 44.1 Å². The number of rotatable bonds is 8. The molecular weight excluding hydrogens is 174 g/mol. The average Bonchev–Trinajstić information content (AvgIpc) is 2.06. The molecule has 0 saturated heterocycles. The molecule has 0 spiro atoms. The topological polar surface area (TPSA) is 12.5 Å². The molecule has 0 aromatic heterocycles. The predicted molar refractivity (Wildman–Crippen MR) is 53.9 cm³/mol. The summed E-state index contributed by atoms with van der Waals surface area (Å²) in [5.74, 6) is 0.729. The van der Waals surface area contributed by atoms with Gasteiger partial charge in [-0.05, 0) is 19.4 Å². The standard InChI is InChI=1S/C9H20ClNO/c1-3-6-11(8-5-10)7-4-9-12-2/h3-9H2,1-2H3. The molecule has 0 aromatic carbocycles. The summed E-state index contributed by atoms with van der Waals surface area (Å²) < 4.78 is 4.99. The Morgan fingerprint density at radius 3 is 2.50 bits per heavy atom. The third kappa shape index (κ3) is 6.89. The summed E-state index contributed by atoms with van der Waals surface area (Å²) in [6, 6.07) is 0. The van der Waals surface area contributed by atoms with E-state index in [2.05, 4.69) is 11.8 Å². The number of methoxy groups -OCH3 is 1. The number of hydrogen-bond donors (Lipinski definition) is 0. The third-order valence-electron chi connectivity index (χ3n) is 1.76. The molecule has 0 N–H and O–H groups in total. The largest absolute Gasteiger partial charge is 0.385 e. The van der Waals surface area contributed by atoms with Crippen molar-refractivity contribution in [1.82, 2.24) is 4.90 Å². The molecule has 0 aliphatic rings. The van der Waals surface area contributed by atoms with E-state index in [1.54, 1.807) is 7.11 Å². The average molecular weight is 194 g/mol. The highest BCUT2D eigenvalue weighted by Gasteiger charge is 2.01. The lowest BCUT2D eigenvalue weighted by atomic mass is 10.3. The normalized spacial score (nSPS) is 11.0. The van der Waals surface area contributed by atoms with Crippen LogP contribution in [0.2, 0.25) is 0 Å². The molecule has 2 nitrogen and oxygen atoms in total. The molecule has 12 heavy (non-hydrogen) atoms. The first-order chi connectivity index (χ1) is 5.85. The van der Waals surface area contributed by atoms with Gasteiger partial charge in [0.15, 0.2) is 0 Å². The summed E-state index contributed by atoms with van der Waals surface area (Å²) in [7, 11) is 1.74. The summed E-state index contributed by atoms with van der Waals surface area (Å²) in [6.07, 6.45) is 2.30. The molecule has 0 aromatic rings. The van der Waals surface area contributed by atoms with Gasteiger partial charge in [0, 0.05) is 32.7 Å². The molecule has 0 saturated carbocycles. The van der Waals surface area contributed by atoms with Gasteiger partial charge in [-0.15, -0.1) is 11.6 Å². The minimum Gasteiger partial charge on any atom is -0.385 e. The molecule has 0 unspecified atom stereocenters. The van der Waals surface area contributed by atoms with Crippen LogP contribution in [0.5, 0.6) is 0 Å². The molecule has 0 aliphatic carbocycles. The van der Waals surface area contributed by atoms with Crippen molar-refractivity contribution in [1.29, 1.82) is 0 Å². The fraction of sp³-hybridized carbons (Fsp3) is 1.00. The molecule has 0 rings (SSSR count). The summed E-state index contributed by atoms with van der Waals surface area (Å²) in [5.41, 5.74) is 0. The predicted octanol–water partition coefficient (Wildman–Crippen LogP) is 1.97. The van der Waals surface area contributed by atoms with Crippen molar-refractivity contribution in [2.45, 2.75) is 19.8 Å². The minimum atomic E-state index is 0.729. The van der Waals surface area contributed by atoms with Gasteiger partial charge in [0.05, 0.1) is 0 Å². The van der Waals surface area contributed by atoms with Crippen LogP contribution >= 0.6 is 11.6 Å². The van der Waals surface area contributed by atoms with E-state index in [0.29, 0.717) is 0 Å². The van der Waals surface area contributed by atoms with Gasteiger partial charge in [0.25, 0.3) is 0 Å². The van der Waals surface area contributed by atoms with Gasteiger partial charge in [0.1, 0.15) is 0 Å². The molecule has 0 bridgehead atoms. The van der Waals surface area contributed by atoms with Gasteiger partial charge in [-0.1, -0.05) is 6.92 Å². The van der Waals surface area contributed by atoms with Crippen molar-refractivity contribution in [2.24, 2.45) is 0 Å². The second kappa shape index (κ2) is 9.30. The van der Waals surface area contributed by atoms with Crippen molar-refractivity contribution >= 4 is 11.6 Å². The fourth-order valence-corrected chi connectivity index (χ4v) is 1.44. The van der Waals surface area contributed by atoms with Crippen LogP contribution in [0.3, 0.4) is 0 Å². The summed E-state index contributed by atoms with van der Waals surface area (Å²) >= 11 is 5.67. The molecule has 3 heteroatoms. The second-order valence-electron chi connectivity index (χ2n) is 2.88. The quantitative estimate of drug-likeness (QED) is 0.432. The van der Waals surface area contributed by atoms with Crippen molar-refractivity contribution in [3.05, 3.63) is 0 Å². The van der Waals surface area contributed by atoms with E-state index in [-0.39, 0.29) is 0 Å². The van der Waals surface area contributed by atoms with Gasteiger partial charge in [0.2, 0.25) is 0 Å². The van der Waals surface area contributed by atoms with E-state index < -0.39 is 0 Å². The summed E-state index contributed by atoms with van der Waals surface area (Å²) in [5, 5.41) is 0. The lowest BCUT2D eigenvalue weighted by Gasteiger charge is -2.19. The van der Waals surface area contributed by atoms with Crippen molar-refractivity contribution < 1.29 is 4.74 Å². The Balaban J connectivity index is 3.34. The molecule has 0 heterocycles. The first-order valence-corrected chi connectivity index (χ1v) is 5.15. The van der Waals surface area contributed by atoms with Gasteiger partial charge < -0.3 is 9.64 Å². The van der Waals surface area contributed by atoms with Crippen LogP contribution in [-0.2, 0) is 4.74 Å². The Labute approximate surface area is 80.8 Å².